The van der Waals surface area contributed by atoms with E-state index in [0.717, 1.165) is 65.9 Å². The number of anilines is 1. The molecule has 6 aromatic rings. The van der Waals surface area contributed by atoms with Crippen LogP contribution in [-0.2, 0) is 10.3 Å². The van der Waals surface area contributed by atoms with Crippen molar-refractivity contribution in [2.45, 2.75) is 55.8 Å². The highest BCUT2D eigenvalue weighted by atomic mass is 16.2. The number of hydrogen-bond acceptors (Lipinski definition) is 5. The maximum absolute atomic E-state index is 14.9. The minimum Gasteiger partial charge on any atom is -0.374 e. The van der Waals surface area contributed by atoms with Gasteiger partial charge in [0.25, 0.3) is 5.91 Å². The van der Waals surface area contributed by atoms with E-state index in [2.05, 4.69) is 111 Å². The average molecular weight is 713 g/mol. The highest BCUT2D eigenvalue weighted by Crippen LogP contribution is 2.53. The van der Waals surface area contributed by atoms with Gasteiger partial charge in [-0.1, -0.05) is 140 Å². The largest absolute Gasteiger partial charge is 0.374 e. The molecule has 54 heavy (non-hydrogen) atoms. The summed E-state index contributed by atoms with van der Waals surface area (Å²) in [5, 5.41) is 12.3. The Morgan fingerprint density at radius 2 is 1.26 bits per heavy atom. The van der Waals surface area contributed by atoms with Gasteiger partial charge in [0.15, 0.2) is 5.82 Å². The Kier molecular flexibility index (Phi) is 9.03. The first-order valence-electron chi connectivity index (χ1n) is 19.2. The monoisotopic (exact) mass is 712 g/mol. The lowest BCUT2D eigenvalue weighted by Crippen LogP contribution is -2.50. The number of fused-ring (bicyclic) bond motifs is 3. The van der Waals surface area contributed by atoms with Crippen molar-refractivity contribution in [3.63, 3.8) is 0 Å². The molecule has 2 fully saturated rings. The van der Waals surface area contributed by atoms with E-state index in [0.29, 0.717) is 12.1 Å². The van der Waals surface area contributed by atoms with Crippen LogP contribution in [0.4, 0.5) is 5.69 Å². The molecule has 270 valence electrons. The fourth-order valence-corrected chi connectivity index (χ4v) is 9.51. The fourth-order valence-electron chi connectivity index (χ4n) is 9.51. The van der Waals surface area contributed by atoms with Crippen molar-refractivity contribution < 1.29 is 9.59 Å². The summed E-state index contributed by atoms with van der Waals surface area (Å²) in [5.41, 5.74) is 5.14. The normalized spacial score (nSPS) is 22.1. The molecular weight excluding hydrogens is 669 g/mol. The van der Waals surface area contributed by atoms with Crippen LogP contribution < -0.4 is 10.6 Å². The quantitative estimate of drug-likeness (QED) is 0.156. The molecule has 8 nitrogen and oxygen atoms in total. The molecule has 0 spiro atoms. The number of carbonyl (C=O) groups is 2. The zero-order valence-corrected chi connectivity index (χ0v) is 30.2. The summed E-state index contributed by atoms with van der Waals surface area (Å²) in [6.07, 6.45) is 6.00. The van der Waals surface area contributed by atoms with Gasteiger partial charge >= 0.3 is 0 Å². The lowest BCUT2D eigenvalue weighted by molar-refractivity contribution is -0.138. The second-order valence-corrected chi connectivity index (χ2v) is 14.8. The second kappa shape index (κ2) is 14.4. The maximum atomic E-state index is 14.9. The summed E-state index contributed by atoms with van der Waals surface area (Å²) in [5.74, 6) is 0.578. The van der Waals surface area contributed by atoms with Crippen LogP contribution in [0.15, 0.2) is 152 Å². The van der Waals surface area contributed by atoms with Gasteiger partial charge in [0.1, 0.15) is 11.9 Å². The highest BCUT2D eigenvalue weighted by molar-refractivity contribution is 5.95. The zero-order chi connectivity index (χ0) is 36.5. The molecular formula is C46H44N6O2. The van der Waals surface area contributed by atoms with E-state index in [1.54, 1.807) is 6.33 Å². The number of nitrogens with zero attached hydrogens (tertiary/aromatic N) is 4. The van der Waals surface area contributed by atoms with E-state index in [-0.39, 0.29) is 41.8 Å². The maximum Gasteiger partial charge on any atom is 0.251 e. The molecule has 1 saturated carbocycles. The van der Waals surface area contributed by atoms with Crippen LogP contribution in [0.2, 0.25) is 0 Å². The van der Waals surface area contributed by atoms with Gasteiger partial charge in [0, 0.05) is 29.8 Å². The summed E-state index contributed by atoms with van der Waals surface area (Å²) in [6.45, 7) is 0.631. The van der Waals surface area contributed by atoms with E-state index in [1.165, 1.54) is 0 Å². The Labute approximate surface area is 316 Å². The number of aromatic nitrogens is 3. The van der Waals surface area contributed by atoms with Crippen LogP contribution in [0.5, 0.6) is 0 Å². The van der Waals surface area contributed by atoms with Crippen LogP contribution >= 0.6 is 0 Å². The first-order chi connectivity index (χ1) is 26.6. The van der Waals surface area contributed by atoms with Crippen molar-refractivity contribution >= 4 is 17.5 Å². The third-order valence-corrected chi connectivity index (χ3v) is 11.9. The molecule has 1 aromatic heterocycles. The van der Waals surface area contributed by atoms with E-state index >= 15 is 0 Å². The first-order valence-corrected chi connectivity index (χ1v) is 19.2. The molecule has 1 aliphatic carbocycles. The van der Waals surface area contributed by atoms with Crippen LogP contribution in [0, 0.1) is 11.8 Å². The third-order valence-electron chi connectivity index (χ3n) is 11.9. The van der Waals surface area contributed by atoms with Crippen molar-refractivity contribution in [3.8, 4) is 0 Å². The molecule has 2 amide bonds. The molecule has 0 radical (unpaired) electrons. The predicted molar refractivity (Wildman–Crippen MR) is 210 cm³/mol. The van der Waals surface area contributed by atoms with Crippen LogP contribution in [0.1, 0.15) is 82.6 Å². The zero-order valence-electron chi connectivity index (χ0n) is 30.2. The summed E-state index contributed by atoms with van der Waals surface area (Å²) >= 11 is 0. The van der Waals surface area contributed by atoms with Crippen molar-refractivity contribution in [1.82, 2.24) is 25.0 Å². The van der Waals surface area contributed by atoms with Crippen LogP contribution in [-0.4, -0.2) is 44.1 Å². The van der Waals surface area contributed by atoms with E-state index in [1.807, 2.05) is 54.6 Å². The van der Waals surface area contributed by atoms with Gasteiger partial charge < -0.3 is 15.5 Å². The van der Waals surface area contributed by atoms with Crippen molar-refractivity contribution in [2.75, 3.05) is 11.9 Å². The van der Waals surface area contributed by atoms with Gasteiger partial charge in [-0.05, 0) is 59.7 Å². The van der Waals surface area contributed by atoms with Crippen LogP contribution in [0.25, 0.3) is 0 Å². The topological polar surface area (TPSA) is 92.2 Å². The smallest absolute Gasteiger partial charge is 0.251 e. The summed E-state index contributed by atoms with van der Waals surface area (Å²) < 4.78 is 2.12. The molecule has 5 aromatic carbocycles. The van der Waals surface area contributed by atoms with E-state index < -0.39 is 5.54 Å². The Morgan fingerprint density at radius 3 is 1.91 bits per heavy atom. The van der Waals surface area contributed by atoms with E-state index in [9.17, 15) is 9.59 Å². The minimum atomic E-state index is -0.829. The number of para-hydroxylation sites is 1. The Bertz CT molecular complexity index is 2130. The Morgan fingerprint density at radius 1 is 0.685 bits per heavy atom. The van der Waals surface area contributed by atoms with Gasteiger partial charge in [-0.3, -0.25) is 9.59 Å². The highest BCUT2D eigenvalue weighted by Gasteiger charge is 2.51. The standard InChI is InChI=1S/C46H44N6O2/c53-44(32-17-5-1-6-18-32)50-40-28-16-14-26-37(40)45(54)51-30-29-38-41(49-39-27-15-13-25-36(39)42(38)51)43-47-31-48-52(43)46(33-19-7-2-8-20-33,34-21-9-3-10-22-34)35-23-11-4-12-24-35/h1-13,15,17-25,27,31,37-38,40-42,49H,14,16,26,28-30H2,(H,50,53)/t37-,38+,40+,41+,42-/m0/s1. The average Bonchev–Trinajstić information content (AvgIpc) is 3.92. The molecule has 0 unspecified atom stereocenters. The molecule has 8 heteroatoms. The van der Waals surface area contributed by atoms with Gasteiger partial charge in [-0.25, -0.2) is 9.67 Å². The number of carbonyl (C=O) groups excluding carboxylic acids is 2. The summed E-state index contributed by atoms with van der Waals surface area (Å²) in [4.78, 5) is 35.4. The first kappa shape index (κ1) is 33.8. The van der Waals surface area contributed by atoms with Crippen LogP contribution in [0.3, 0.4) is 0 Å². The second-order valence-electron chi connectivity index (χ2n) is 14.8. The van der Waals surface area contributed by atoms with Crippen molar-refractivity contribution in [3.05, 3.63) is 186 Å². The minimum absolute atomic E-state index is 0.0350. The fraction of sp³-hybridized carbons (Fsp3) is 0.261. The predicted octanol–water partition coefficient (Wildman–Crippen LogP) is 8.16. The number of benzene rings is 5. The molecule has 3 aliphatic rings. The SMILES string of the molecule is O=C(N[C@@H]1CCCC[C@@H]1C(=O)N1CC[C@@H]2[C@H](c3ncnn3C(c3ccccc3)(c3ccccc3)c3ccccc3)Nc3ccccc3[C@@H]21)c1ccccc1. The van der Waals surface area contributed by atoms with Gasteiger partial charge in [-0.15, -0.1) is 0 Å². The molecule has 1 saturated heterocycles. The number of nitrogens with one attached hydrogen (secondary N) is 2. The molecule has 2 aliphatic heterocycles. The Balaban J connectivity index is 1.12. The van der Waals surface area contributed by atoms with Gasteiger partial charge in [-0.2, -0.15) is 5.10 Å². The molecule has 2 N–H and O–H groups in total. The number of hydrogen-bond donors (Lipinski definition) is 2. The summed E-state index contributed by atoms with van der Waals surface area (Å²) in [6, 6.07) is 48.8. The molecule has 9 rings (SSSR count). The van der Waals surface area contributed by atoms with Crippen molar-refractivity contribution in [1.29, 1.82) is 0 Å². The number of likely N-dealkylation sites (tertiary alicyclic amines) is 1. The number of amides is 2. The summed E-state index contributed by atoms with van der Waals surface area (Å²) in [7, 11) is 0. The molecule has 0 bridgehead atoms. The molecule has 5 atom stereocenters. The van der Waals surface area contributed by atoms with Gasteiger partial charge in [0.2, 0.25) is 5.91 Å². The lowest BCUT2D eigenvalue weighted by atomic mass is 9.76. The van der Waals surface area contributed by atoms with Crippen molar-refractivity contribution in [2.24, 2.45) is 11.8 Å². The van der Waals surface area contributed by atoms with Gasteiger partial charge in [0.05, 0.1) is 18.0 Å². The number of rotatable bonds is 8. The molecule has 3 heterocycles. The van der Waals surface area contributed by atoms with E-state index in [4.69, 9.17) is 10.1 Å². The Hall–Kier alpha value is -6.02. The third kappa shape index (κ3) is 5.77. The lowest BCUT2D eigenvalue weighted by Gasteiger charge is -2.43.